The van der Waals surface area contributed by atoms with Crippen LogP contribution in [0, 0.1) is 5.82 Å². The molecule has 2 aromatic carbocycles. The number of methoxy groups -OCH3 is 1. The second-order valence-electron chi connectivity index (χ2n) is 7.54. The lowest BCUT2D eigenvalue weighted by molar-refractivity contribution is 0.0487. The first-order chi connectivity index (χ1) is 14.5. The van der Waals surface area contributed by atoms with Crippen molar-refractivity contribution in [1.29, 1.82) is 0 Å². The number of benzene rings is 2. The summed E-state index contributed by atoms with van der Waals surface area (Å²) in [5, 5.41) is 4.25. The van der Waals surface area contributed by atoms with Gasteiger partial charge in [0.25, 0.3) is 5.91 Å². The van der Waals surface area contributed by atoms with E-state index in [0.717, 1.165) is 23.1 Å². The average molecular weight is 448 g/mol. The molecule has 1 aromatic heterocycles. The summed E-state index contributed by atoms with van der Waals surface area (Å²) in [6.07, 6.45) is 1.61. The number of amides is 1. The number of halogens is 2. The van der Waals surface area contributed by atoms with Crippen LogP contribution in [0.15, 0.2) is 42.5 Å². The van der Waals surface area contributed by atoms with Gasteiger partial charge in [-0.25, -0.2) is 4.39 Å². The first-order valence-electron chi connectivity index (χ1n) is 9.85. The van der Waals surface area contributed by atoms with E-state index in [0.29, 0.717) is 40.6 Å². The fourth-order valence-corrected chi connectivity index (χ4v) is 5.36. The molecule has 0 atom stereocenters. The molecule has 7 heteroatoms. The lowest BCUT2D eigenvalue weighted by atomic mass is 9.74. The van der Waals surface area contributed by atoms with Crippen molar-refractivity contribution in [3.05, 3.63) is 69.3 Å². The Morgan fingerprint density at radius 1 is 1.23 bits per heavy atom. The number of thiophene rings is 1. The van der Waals surface area contributed by atoms with Crippen molar-refractivity contribution in [3.63, 3.8) is 0 Å². The van der Waals surface area contributed by atoms with Gasteiger partial charge in [0.2, 0.25) is 0 Å². The summed E-state index contributed by atoms with van der Waals surface area (Å²) in [7, 11) is 1.55. The summed E-state index contributed by atoms with van der Waals surface area (Å²) < 4.78 is 26.0. The molecule has 1 fully saturated rings. The maximum atomic E-state index is 14.4. The van der Waals surface area contributed by atoms with Gasteiger partial charge in [-0.3, -0.25) is 4.79 Å². The Labute approximate surface area is 183 Å². The number of rotatable bonds is 6. The largest absolute Gasteiger partial charge is 0.381 e. The average Bonchev–Trinajstić information content (AvgIpc) is 3.13. The van der Waals surface area contributed by atoms with Crippen molar-refractivity contribution in [2.75, 3.05) is 26.9 Å². The number of carbonyl (C=O) groups excluding carboxylic acids is 1. The Morgan fingerprint density at radius 2 is 1.97 bits per heavy atom. The highest BCUT2D eigenvalue weighted by molar-refractivity contribution is 7.21. The third-order valence-corrected chi connectivity index (χ3v) is 7.20. The van der Waals surface area contributed by atoms with Crippen LogP contribution in [0.25, 0.3) is 10.1 Å². The van der Waals surface area contributed by atoms with E-state index < -0.39 is 0 Å². The van der Waals surface area contributed by atoms with Crippen molar-refractivity contribution >= 4 is 38.9 Å². The number of fused-ring (bicyclic) bond motifs is 1. The molecule has 1 aliphatic heterocycles. The third-order valence-electron chi connectivity index (χ3n) is 5.75. The smallest absolute Gasteiger partial charge is 0.261 e. The van der Waals surface area contributed by atoms with Crippen molar-refractivity contribution in [1.82, 2.24) is 5.32 Å². The molecule has 1 N–H and O–H groups in total. The van der Waals surface area contributed by atoms with Crippen LogP contribution >= 0.6 is 22.9 Å². The Morgan fingerprint density at radius 3 is 2.67 bits per heavy atom. The molecule has 0 saturated carbocycles. The standard InChI is InChI=1S/C23H23ClFNO3S/c1-28-13-17-20-18(25)3-2-4-19(20)30-21(17)22(27)26-14-23(9-11-29-12-10-23)15-5-7-16(24)8-6-15/h2-8H,9-14H2,1H3,(H,26,27). The first-order valence-corrected chi connectivity index (χ1v) is 11.0. The van der Waals surface area contributed by atoms with Crippen molar-refractivity contribution < 1.29 is 18.7 Å². The van der Waals surface area contributed by atoms with E-state index in [1.54, 1.807) is 13.2 Å². The number of carbonyl (C=O) groups is 1. The minimum absolute atomic E-state index is 0.180. The molecule has 3 aromatic rings. The van der Waals surface area contributed by atoms with Gasteiger partial charge in [0, 0.05) is 53.0 Å². The molecule has 0 aliphatic carbocycles. The highest BCUT2D eigenvalue weighted by atomic mass is 35.5. The molecule has 4 nitrogen and oxygen atoms in total. The molecule has 0 spiro atoms. The minimum Gasteiger partial charge on any atom is -0.381 e. The van der Waals surface area contributed by atoms with Crippen LogP contribution in [-0.4, -0.2) is 32.8 Å². The van der Waals surface area contributed by atoms with Crippen LogP contribution in [0.2, 0.25) is 5.02 Å². The predicted octanol–water partition coefficient (Wildman–Crippen LogP) is 5.32. The normalized spacial score (nSPS) is 16.0. The molecule has 4 rings (SSSR count). The molecule has 0 radical (unpaired) electrons. The van der Waals surface area contributed by atoms with Gasteiger partial charge in [0.05, 0.1) is 11.5 Å². The van der Waals surface area contributed by atoms with E-state index in [-0.39, 0.29) is 23.7 Å². The van der Waals surface area contributed by atoms with E-state index in [1.807, 2.05) is 30.3 Å². The zero-order chi connectivity index (χ0) is 21.1. The van der Waals surface area contributed by atoms with Crippen molar-refractivity contribution in [2.24, 2.45) is 0 Å². The molecule has 1 aliphatic rings. The van der Waals surface area contributed by atoms with Gasteiger partial charge < -0.3 is 14.8 Å². The summed E-state index contributed by atoms with van der Waals surface area (Å²) >= 11 is 7.36. The van der Waals surface area contributed by atoms with Crippen LogP contribution in [-0.2, 0) is 21.5 Å². The van der Waals surface area contributed by atoms with Crippen molar-refractivity contribution in [3.8, 4) is 0 Å². The molecular weight excluding hydrogens is 425 g/mol. The maximum Gasteiger partial charge on any atom is 0.261 e. The van der Waals surface area contributed by atoms with Crippen LogP contribution in [0.5, 0.6) is 0 Å². The van der Waals surface area contributed by atoms with Crippen LogP contribution < -0.4 is 5.32 Å². The molecule has 2 heterocycles. The zero-order valence-corrected chi connectivity index (χ0v) is 18.2. The lowest BCUT2D eigenvalue weighted by Gasteiger charge is -2.38. The van der Waals surface area contributed by atoms with E-state index in [9.17, 15) is 9.18 Å². The Bertz CT molecular complexity index is 1040. The molecule has 0 bridgehead atoms. The van der Waals surface area contributed by atoms with Gasteiger partial charge in [0.1, 0.15) is 5.82 Å². The summed E-state index contributed by atoms with van der Waals surface area (Å²) in [4.78, 5) is 13.7. The van der Waals surface area contributed by atoms with Gasteiger partial charge >= 0.3 is 0 Å². The lowest BCUT2D eigenvalue weighted by Crippen LogP contribution is -2.44. The predicted molar refractivity (Wildman–Crippen MR) is 118 cm³/mol. The molecular formula is C23H23ClFNO3S. The van der Waals surface area contributed by atoms with Crippen LogP contribution in [0.3, 0.4) is 0 Å². The first kappa shape index (κ1) is 21.2. The number of hydrogen-bond donors (Lipinski definition) is 1. The second-order valence-corrected chi connectivity index (χ2v) is 9.03. The molecule has 1 amide bonds. The number of nitrogens with one attached hydrogen (secondary N) is 1. The molecule has 1 saturated heterocycles. The van der Waals surface area contributed by atoms with Crippen molar-refractivity contribution in [2.45, 2.75) is 24.9 Å². The molecule has 0 unspecified atom stereocenters. The van der Waals surface area contributed by atoms with Gasteiger partial charge in [-0.2, -0.15) is 0 Å². The third kappa shape index (κ3) is 4.10. The van der Waals surface area contributed by atoms with E-state index in [1.165, 1.54) is 17.4 Å². The SMILES string of the molecule is COCc1c(C(=O)NCC2(c3ccc(Cl)cc3)CCOCC2)sc2cccc(F)c12. The quantitative estimate of drug-likeness (QED) is 0.556. The minimum atomic E-state index is -0.336. The van der Waals surface area contributed by atoms with Gasteiger partial charge in [0.15, 0.2) is 0 Å². The van der Waals surface area contributed by atoms with Crippen LogP contribution in [0.1, 0.15) is 33.6 Å². The second kappa shape index (κ2) is 9.02. The molecule has 30 heavy (non-hydrogen) atoms. The van der Waals surface area contributed by atoms with Crippen LogP contribution in [0.4, 0.5) is 4.39 Å². The zero-order valence-electron chi connectivity index (χ0n) is 16.7. The summed E-state index contributed by atoms with van der Waals surface area (Å²) in [6, 6.07) is 12.7. The Kier molecular flexibility index (Phi) is 6.39. The summed E-state index contributed by atoms with van der Waals surface area (Å²) in [5.74, 6) is -0.542. The Balaban J connectivity index is 1.62. The fourth-order valence-electron chi connectivity index (χ4n) is 4.10. The van der Waals surface area contributed by atoms with Gasteiger partial charge in [-0.15, -0.1) is 11.3 Å². The van der Waals surface area contributed by atoms with E-state index in [4.69, 9.17) is 21.1 Å². The molecule has 158 valence electrons. The fraction of sp³-hybridized carbons (Fsp3) is 0.348. The van der Waals surface area contributed by atoms with Gasteiger partial charge in [-0.1, -0.05) is 29.8 Å². The number of hydrogen-bond acceptors (Lipinski definition) is 4. The monoisotopic (exact) mass is 447 g/mol. The Hall–Kier alpha value is -1.99. The van der Waals surface area contributed by atoms with Gasteiger partial charge in [-0.05, 0) is 42.7 Å². The maximum absolute atomic E-state index is 14.4. The highest BCUT2D eigenvalue weighted by Gasteiger charge is 2.35. The topological polar surface area (TPSA) is 47.6 Å². The highest BCUT2D eigenvalue weighted by Crippen LogP contribution is 2.36. The summed E-state index contributed by atoms with van der Waals surface area (Å²) in [5.41, 5.74) is 1.51. The summed E-state index contributed by atoms with van der Waals surface area (Å²) in [6.45, 7) is 1.93. The van der Waals surface area contributed by atoms with E-state index in [2.05, 4.69) is 5.32 Å². The van der Waals surface area contributed by atoms with E-state index >= 15 is 0 Å². The number of ether oxygens (including phenoxy) is 2.